The van der Waals surface area contributed by atoms with Crippen molar-refractivity contribution in [3.8, 4) is 5.75 Å². The van der Waals surface area contributed by atoms with E-state index in [1.165, 1.54) is 0 Å². The Balaban J connectivity index is 1.83. The van der Waals surface area contributed by atoms with E-state index in [-0.39, 0.29) is 5.91 Å². The summed E-state index contributed by atoms with van der Waals surface area (Å²) >= 11 is 0. The fourth-order valence-electron chi connectivity index (χ4n) is 2.14. The summed E-state index contributed by atoms with van der Waals surface area (Å²) in [7, 11) is 1.61. The normalized spacial score (nSPS) is 10.9. The van der Waals surface area contributed by atoms with Gasteiger partial charge in [-0.2, -0.15) is 10.2 Å². The van der Waals surface area contributed by atoms with Crippen LogP contribution in [0.4, 0.5) is 0 Å². The summed E-state index contributed by atoms with van der Waals surface area (Å²) in [6, 6.07) is 7.45. The summed E-state index contributed by atoms with van der Waals surface area (Å²) < 4.78 is 5.13. The lowest BCUT2D eigenvalue weighted by Crippen LogP contribution is -2.18. The van der Waals surface area contributed by atoms with Crippen molar-refractivity contribution in [2.75, 3.05) is 7.11 Å². The molecule has 0 fully saturated rings. The first kappa shape index (κ1) is 15.8. The standard InChI is InChI=1S/C16H20N4O2/c1-11-15(12(2)19-18-11)7-8-16(21)20-17-10-13-5-4-6-14(9-13)22-3/h4-6,9-10H,7-8H2,1-3H3,(H,18,19)(H,20,21)/b17-10-. The van der Waals surface area contributed by atoms with E-state index in [0.717, 1.165) is 28.3 Å². The molecule has 1 aromatic heterocycles. The lowest BCUT2D eigenvalue weighted by Gasteiger charge is -2.02. The van der Waals surface area contributed by atoms with Gasteiger partial charge in [-0.25, -0.2) is 5.43 Å². The number of aromatic amines is 1. The van der Waals surface area contributed by atoms with Crippen LogP contribution in [0.3, 0.4) is 0 Å². The van der Waals surface area contributed by atoms with Gasteiger partial charge in [0.15, 0.2) is 0 Å². The Hall–Kier alpha value is -2.63. The highest BCUT2D eigenvalue weighted by atomic mass is 16.5. The van der Waals surface area contributed by atoms with Gasteiger partial charge in [-0.05, 0) is 43.5 Å². The number of hydrogen-bond donors (Lipinski definition) is 2. The van der Waals surface area contributed by atoms with E-state index in [1.807, 2.05) is 38.1 Å². The lowest BCUT2D eigenvalue weighted by atomic mass is 10.1. The van der Waals surface area contributed by atoms with E-state index >= 15 is 0 Å². The minimum Gasteiger partial charge on any atom is -0.497 e. The van der Waals surface area contributed by atoms with Crippen LogP contribution in [0.2, 0.25) is 0 Å². The predicted molar refractivity (Wildman–Crippen MR) is 85.1 cm³/mol. The molecule has 1 aromatic carbocycles. The highest BCUT2D eigenvalue weighted by molar-refractivity contribution is 5.82. The number of benzene rings is 1. The Kier molecular flexibility index (Phi) is 5.30. The number of rotatable bonds is 6. The number of ether oxygens (including phenoxy) is 1. The van der Waals surface area contributed by atoms with Gasteiger partial charge in [-0.1, -0.05) is 12.1 Å². The number of carbonyl (C=O) groups is 1. The second-order valence-electron chi connectivity index (χ2n) is 4.98. The average molecular weight is 300 g/mol. The van der Waals surface area contributed by atoms with Crippen LogP contribution < -0.4 is 10.2 Å². The molecule has 0 aliphatic heterocycles. The van der Waals surface area contributed by atoms with Crippen LogP contribution in [-0.2, 0) is 11.2 Å². The Morgan fingerprint density at radius 1 is 1.45 bits per heavy atom. The zero-order valence-corrected chi connectivity index (χ0v) is 13.0. The van der Waals surface area contributed by atoms with Crippen molar-refractivity contribution in [2.24, 2.45) is 5.10 Å². The van der Waals surface area contributed by atoms with Crippen LogP contribution in [0, 0.1) is 13.8 Å². The Morgan fingerprint density at radius 3 is 2.95 bits per heavy atom. The van der Waals surface area contributed by atoms with Gasteiger partial charge in [0.25, 0.3) is 0 Å². The fraction of sp³-hybridized carbons (Fsp3) is 0.312. The number of nitrogens with zero attached hydrogens (tertiary/aromatic N) is 2. The molecule has 0 saturated carbocycles. The van der Waals surface area contributed by atoms with Gasteiger partial charge in [0.05, 0.1) is 19.0 Å². The summed E-state index contributed by atoms with van der Waals surface area (Å²) in [5.74, 6) is 0.625. The fourth-order valence-corrected chi connectivity index (χ4v) is 2.14. The second kappa shape index (κ2) is 7.40. The van der Waals surface area contributed by atoms with Crippen LogP contribution in [-0.4, -0.2) is 29.4 Å². The van der Waals surface area contributed by atoms with Crippen molar-refractivity contribution in [3.05, 3.63) is 46.8 Å². The van der Waals surface area contributed by atoms with Crippen molar-refractivity contribution < 1.29 is 9.53 Å². The molecule has 0 unspecified atom stereocenters. The molecule has 0 radical (unpaired) electrons. The molecule has 6 nitrogen and oxygen atoms in total. The van der Waals surface area contributed by atoms with Gasteiger partial charge in [0.1, 0.15) is 5.75 Å². The highest BCUT2D eigenvalue weighted by Gasteiger charge is 2.08. The first-order valence-corrected chi connectivity index (χ1v) is 7.06. The Morgan fingerprint density at radius 2 is 2.27 bits per heavy atom. The largest absolute Gasteiger partial charge is 0.497 e. The molecule has 0 aliphatic rings. The third-order valence-electron chi connectivity index (χ3n) is 3.38. The number of hydrogen-bond acceptors (Lipinski definition) is 4. The molecule has 2 rings (SSSR count). The highest BCUT2D eigenvalue weighted by Crippen LogP contribution is 2.12. The lowest BCUT2D eigenvalue weighted by molar-refractivity contribution is -0.121. The summed E-state index contributed by atoms with van der Waals surface area (Å²) in [5, 5.41) is 11.0. The van der Waals surface area contributed by atoms with Crippen molar-refractivity contribution >= 4 is 12.1 Å². The van der Waals surface area contributed by atoms with Crippen molar-refractivity contribution in [1.82, 2.24) is 15.6 Å². The number of methoxy groups -OCH3 is 1. The molecule has 2 N–H and O–H groups in total. The quantitative estimate of drug-likeness (QED) is 0.633. The number of amides is 1. The number of H-pyrrole nitrogens is 1. The molecule has 0 spiro atoms. The van der Waals surface area contributed by atoms with Crippen LogP contribution in [0.25, 0.3) is 0 Å². The smallest absolute Gasteiger partial charge is 0.240 e. The van der Waals surface area contributed by atoms with E-state index in [2.05, 4.69) is 20.7 Å². The number of nitrogens with one attached hydrogen (secondary N) is 2. The van der Waals surface area contributed by atoms with Crippen LogP contribution in [0.15, 0.2) is 29.4 Å². The molecule has 116 valence electrons. The van der Waals surface area contributed by atoms with E-state index < -0.39 is 0 Å². The van der Waals surface area contributed by atoms with Gasteiger partial charge in [0, 0.05) is 12.1 Å². The predicted octanol–water partition coefficient (Wildman–Crippen LogP) is 2.12. The third kappa shape index (κ3) is 4.18. The number of aromatic nitrogens is 2. The Bertz CT molecular complexity index is 657. The summed E-state index contributed by atoms with van der Waals surface area (Å²) in [6.07, 6.45) is 2.61. The molecule has 1 amide bonds. The van der Waals surface area contributed by atoms with Crippen LogP contribution in [0.5, 0.6) is 5.75 Å². The minimum atomic E-state index is -0.126. The maximum absolute atomic E-state index is 11.8. The second-order valence-corrected chi connectivity index (χ2v) is 4.98. The van der Waals surface area contributed by atoms with Crippen LogP contribution >= 0.6 is 0 Å². The molecule has 2 aromatic rings. The summed E-state index contributed by atoms with van der Waals surface area (Å²) in [5.41, 5.74) is 6.42. The monoisotopic (exact) mass is 300 g/mol. The molecule has 22 heavy (non-hydrogen) atoms. The number of hydrazone groups is 1. The van der Waals surface area contributed by atoms with Gasteiger partial charge >= 0.3 is 0 Å². The zero-order chi connectivity index (χ0) is 15.9. The Labute approximate surface area is 129 Å². The van der Waals surface area contributed by atoms with Crippen molar-refractivity contribution in [3.63, 3.8) is 0 Å². The molecule has 0 saturated heterocycles. The SMILES string of the molecule is COc1cccc(/C=N\NC(=O)CCc2c(C)n[nH]c2C)c1. The molecular formula is C16H20N4O2. The first-order valence-electron chi connectivity index (χ1n) is 7.06. The van der Waals surface area contributed by atoms with Gasteiger partial charge in [-0.15, -0.1) is 0 Å². The molecule has 1 heterocycles. The average Bonchev–Trinajstić information content (AvgIpc) is 2.84. The maximum atomic E-state index is 11.8. The topological polar surface area (TPSA) is 79.4 Å². The van der Waals surface area contributed by atoms with E-state index in [1.54, 1.807) is 13.3 Å². The molecule has 0 bridgehead atoms. The molecule has 0 aliphatic carbocycles. The third-order valence-corrected chi connectivity index (χ3v) is 3.38. The number of aryl methyl sites for hydroxylation is 2. The molecule has 0 atom stereocenters. The van der Waals surface area contributed by atoms with Crippen molar-refractivity contribution in [1.29, 1.82) is 0 Å². The van der Waals surface area contributed by atoms with E-state index in [4.69, 9.17) is 4.74 Å². The summed E-state index contributed by atoms with van der Waals surface area (Å²) in [6.45, 7) is 3.88. The van der Waals surface area contributed by atoms with E-state index in [0.29, 0.717) is 12.8 Å². The molecular weight excluding hydrogens is 280 g/mol. The zero-order valence-electron chi connectivity index (χ0n) is 13.0. The summed E-state index contributed by atoms with van der Waals surface area (Å²) in [4.78, 5) is 11.8. The van der Waals surface area contributed by atoms with Crippen molar-refractivity contribution in [2.45, 2.75) is 26.7 Å². The maximum Gasteiger partial charge on any atom is 0.240 e. The molecule has 6 heteroatoms. The minimum absolute atomic E-state index is 0.126. The van der Waals surface area contributed by atoms with Crippen LogP contribution in [0.1, 0.15) is 28.9 Å². The van der Waals surface area contributed by atoms with Gasteiger partial charge in [-0.3, -0.25) is 9.89 Å². The van der Waals surface area contributed by atoms with Gasteiger partial charge < -0.3 is 4.74 Å². The van der Waals surface area contributed by atoms with Gasteiger partial charge in [0.2, 0.25) is 5.91 Å². The first-order chi connectivity index (χ1) is 10.6. The van der Waals surface area contributed by atoms with E-state index in [9.17, 15) is 4.79 Å². The number of carbonyl (C=O) groups excluding carboxylic acids is 1.